The SMILES string of the molecule is CCOC(=O)C1=C(C)N=c2s/c(=C\c3ccc(C)c(OC)c3)c(=O)n2[C@@H]1c1ccc(C)cc1. The second kappa shape index (κ2) is 9.19. The molecule has 1 aliphatic heterocycles. The topological polar surface area (TPSA) is 69.9 Å². The third-order valence-electron chi connectivity index (χ3n) is 5.64. The van der Waals surface area contributed by atoms with Gasteiger partial charge in [-0.15, -0.1) is 0 Å². The van der Waals surface area contributed by atoms with E-state index in [1.54, 1.807) is 25.5 Å². The summed E-state index contributed by atoms with van der Waals surface area (Å²) in [6.45, 7) is 7.77. The number of aromatic nitrogens is 1. The van der Waals surface area contributed by atoms with Crippen LogP contribution in [0, 0.1) is 13.8 Å². The Labute approximate surface area is 196 Å². The van der Waals surface area contributed by atoms with E-state index >= 15 is 0 Å². The van der Waals surface area contributed by atoms with Gasteiger partial charge in [0, 0.05) is 0 Å². The lowest BCUT2D eigenvalue weighted by Gasteiger charge is -2.24. The maximum absolute atomic E-state index is 13.6. The van der Waals surface area contributed by atoms with Gasteiger partial charge in [0.05, 0.1) is 35.6 Å². The molecule has 1 aliphatic rings. The highest BCUT2D eigenvalue weighted by molar-refractivity contribution is 7.07. The number of hydrogen-bond acceptors (Lipinski definition) is 6. The van der Waals surface area contributed by atoms with Crippen molar-refractivity contribution in [3.05, 3.63) is 95.7 Å². The van der Waals surface area contributed by atoms with Crippen molar-refractivity contribution in [1.82, 2.24) is 4.57 Å². The smallest absolute Gasteiger partial charge is 0.338 e. The average Bonchev–Trinajstić information content (AvgIpc) is 3.09. The first-order valence-electron chi connectivity index (χ1n) is 10.7. The van der Waals surface area contributed by atoms with E-state index in [-0.39, 0.29) is 12.2 Å². The van der Waals surface area contributed by atoms with E-state index < -0.39 is 12.0 Å². The number of thiazole rings is 1. The predicted molar refractivity (Wildman–Crippen MR) is 129 cm³/mol. The molecule has 2 heterocycles. The maximum atomic E-state index is 13.6. The van der Waals surface area contributed by atoms with E-state index in [2.05, 4.69) is 4.99 Å². The molecule has 0 saturated carbocycles. The number of hydrogen-bond donors (Lipinski definition) is 0. The molecule has 33 heavy (non-hydrogen) atoms. The van der Waals surface area contributed by atoms with E-state index in [0.29, 0.717) is 20.6 Å². The molecule has 0 aliphatic carbocycles. The van der Waals surface area contributed by atoms with Gasteiger partial charge in [-0.05, 0) is 56.5 Å². The number of methoxy groups -OCH3 is 1. The zero-order valence-electron chi connectivity index (χ0n) is 19.3. The molecule has 4 rings (SSSR count). The lowest BCUT2D eigenvalue weighted by molar-refractivity contribution is -0.139. The van der Waals surface area contributed by atoms with Crippen molar-refractivity contribution in [1.29, 1.82) is 0 Å². The maximum Gasteiger partial charge on any atom is 0.338 e. The summed E-state index contributed by atoms with van der Waals surface area (Å²) in [5.41, 5.74) is 4.56. The summed E-state index contributed by atoms with van der Waals surface area (Å²) in [6, 6.07) is 13.0. The molecule has 6 nitrogen and oxygen atoms in total. The number of nitrogens with zero attached hydrogens (tertiary/aromatic N) is 2. The van der Waals surface area contributed by atoms with Crippen LogP contribution in [0.2, 0.25) is 0 Å². The van der Waals surface area contributed by atoms with Gasteiger partial charge in [0.25, 0.3) is 5.56 Å². The number of allylic oxidation sites excluding steroid dienone is 1. The van der Waals surface area contributed by atoms with Crippen LogP contribution in [-0.4, -0.2) is 24.3 Å². The molecule has 170 valence electrons. The minimum atomic E-state index is -0.601. The van der Waals surface area contributed by atoms with Gasteiger partial charge in [-0.1, -0.05) is 53.3 Å². The number of rotatable bonds is 5. The Morgan fingerprint density at radius 1 is 1.15 bits per heavy atom. The molecule has 0 fully saturated rings. The Morgan fingerprint density at radius 2 is 1.88 bits per heavy atom. The predicted octanol–water partition coefficient (Wildman–Crippen LogP) is 3.42. The molecule has 0 saturated heterocycles. The van der Waals surface area contributed by atoms with Crippen molar-refractivity contribution in [3.63, 3.8) is 0 Å². The monoisotopic (exact) mass is 462 g/mol. The van der Waals surface area contributed by atoms with Crippen molar-refractivity contribution in [2.75, 3.05) is 13.7 Å². The van der Waals surface area contributed by atoms with E-state index in [9.17, 15) is 9.59 Å². The third kappa shape index (κ3) is 4.28. The molecule has 3 aromatic rings. The van der Waals surface area contributed by atoms with Crippen LogP contribution in [0.5, 0.6) is 5.75 Å². The number of carbonyl (C=O) groups excluding carboxylic acids is 1. The number of carbonyl (C=O) groups is 1. The van der Waals surface area contributed by atoms with Crippen molar-refractivity contribution in [2.45, 2.75) is 33.7 Å². The molecule has 7 heteroatoms. The van der Waals surface area contributed by atoms with E-state index in [0.717, 1.165) is 28.0 Å². The van der Waals surface area contributed by atoms with Crippen LogP contribution in [-0.2, 0) is 9.53 Å². The molecule has 1 aromatic heterocycles. The summed E-state index contributed by atoms with van der Waals surface area (Å²) >= 11 is 1.31. The Kier molecular flexibility index (Phi) is 6.33. The Morgan fingerprint density at radius 3 is 2.55 bits per heavy atom. The standard InChI is InChI=1S/C26H26N2O4S/c1-6-32-25(30)22-17(4)27-26-28(23(22)19-11-7-15(2)8-12-19)24(29)21(33-26)14-18-10-9-16(3)20(13-18)31-5/h7-14,23H,6H2,1-5H3/b21-14-/t23-/m1/s1. The molecule has 0 amide bonds. The second-order valence-corrected chi connectivity index (χ2v) is 8.95. The van der Waals surface area contributed by atoms with E-state index in [1.807, 2.05) is 62.4 Å². The first kappa shape index (κ1) is 22.7. The number of esters is 1. The average molecular weight is 463 g/mol. The van der Waals surface area contributed by atoms with Crippen LogP contribution >= 0.6 is 11.3 Å². The normalized spacial score (nSPS) is 15.8. The third-order valence-corrected chi connectivity index (χ3v) is 6.62. The van der Waals surface area contributed by atoms with Crippen LogP contribution in [0.15, 0.2) is 63.5 Å². The molecule has 2 aromatic carbocycles. The highest BCUT2D eigenvalue weighted by Crippen LogP contribution is 2.30. The van der Waals surface area contributed by atoms with Gasteiger partial charge in [-0.25, -0.2) is 9.79 Å². The first-order valence-corrected chi connectivity index (χ1v) is 11.6. The van der Waals surface area contributed by atoms with E-state index in [1.165, 1.54) is 11.3 Å². The second-order valence-electron chi connectivity index (χ2n) is 7.94. The summed E-state index contributed by atoms with van der Waals surface area (Å²) < 4.78 is 12.9. The summed E-state index contributed by atoms with van der Waals surface area (Å²) in [7, 11) is 1.63. The number of aryl methyl sites for hydroxylation is 2. The van der Waals surface area contributed by atoms with Crippen molar-refractivity contribution in [2.24, 2.45) is 4.99 Å². The molecule has 0 radical (unpaired) electrons. The van der Waals surface area contributed by atoms with Gasteiger partial charge >= 0.3 is 5.97 Å². The molecule has 0 spiro atoms. The minimum absolute atomic E-state index is 0.196. The molecule has 0 unspecified atom stereocenters. The van der Waals surface area contributed by atoms with Crippen LogP contribution < -0.4 is 19.6 Å². The largest absolute Gasteiger partial charge is 0.496 e. The van der Waals surface area contributed by atoms with Crippen LogP contribution in [0.25, 0.3) is 6.08 Å². The quantitative estimate of drug-likeness (QED) is 0.545. The van der Waals surface area contributed by atoms with Crippen molar-refractivity contribution in [3.8, 4) is 5.75 Å². The van der Waals surface area contributed by atoms with Crippen LogP contribution in [0.1, 0.15) is 42.1 Å². The minimum Gasteiger partial charge on any atom is -0.496 e. The number of ether oxygens (including phenoxy) is 2. The van der Waals surface area contributed by atoms with Gasteiger partial charge < -0.3 is 9.47 Å². The highest BCUT2D eigenvalue weighted by atomic mass is 32.1. The summed E-state index contributed by atoms with van der Waals surface area (Å²) in [5, 5.41) is 0. The lowest BCUT2D eigenvalue weighted by Crippen LogP contribution is -2.39. The summed E-state index contributed by atoms with van der Waals surface area (Å²) in [6.07, 6.45) is 1.83. The van der Waals surface area contributed by atoms with Gasteiger partial charge in [-0.2, -0.15) is 0 Å². The lowest BCUT2D eigenvalue weighted by atomic mass is 9.95. The Hall–Kier alpha value is -3.45. The molecule has 1 atom stereocenters. The highest BCUT2D eigenvalue weighted by Gasteiger charge is 2.33. The molecule has 0 bridgehead atoms. The van der Waals surface area contributed by atoms with Crippen molar-refractivity contribution >= 4 is 23.4 Å². The zero-order valence-corrected chi connectivity index (χ0v) is 20.2. The first-order chi connectivity index (χ1) is 15.8. The Balaban J connectivity index is 1.94. The van der Waals surface area contributed by atoms with Gasteiger partial charge in [0.2, 0.25) is 0 Å². The zero-order chi connectivity index (χ0) is 23.7. The van der Waals surface area contributed by atoms with E-state index in [4.69, 9.17) is 9.47 Å². The fourth-order valence-electron chi connectivity index (χ4n) is 3.93. The number of fused-ring (bicyclic) bond motifs is 1. The Bertz CT molecular complexity index is 1430. The van der Waals surface area contributed by atoms with Crippen LogP contribution in [0.4, 0.5) is 0 Å². The molecule has 0 N–H and O–H groups in total. The molecular weight excluding hydrogens is 436 g/mol. The fourth-order valence-corrected chi connectivity index (χ4v) is 4.98. The molecular formula is C26H26N2O4S. The van der Waals surface area contributed by atoms with Gasteiger partial charge in [0.1, 0.15) is 5.75 Å². The van der Waals surface area contributed by atoms with Crippen molar-refractivity contribution < 1.29 is 14.3 Å². The van der Waals surface area contributed by atoms with Crippen LogP contribution in [0.3, 0.4) is 0 Å². The number of benzene rings is 2. The van der Waals surface area contributed by atoms with Gasteiger partial charge in [0.15, 0.2) is 4.80 Å². The fraction of sp³-hybridized carbons (Fsp3) is 0.269. The summed E-state index contributed by atoms with van der Waals surface area (Å²) in [5.74, 6) is 0.302. The summed E-state index contributed by atoms with van der Waals surface area (Å²) in [4.78, 5) is 31.7. The van der Waals surface area contributed by atoms with Gasteiger partial charge in [-0.3, -0.25) is 9.36 Å².